The molecule has 1 atom stereocenters. The average Bonchev–Trinajstić information content (AvgIpc) is 2.07. The highest BCUT2D eigenvalue weighted by Crippen LogP contribution is 2.11. The number of ether oxygens (including phenoxy) is 1. The Morgan fingerprint density at radius 3 is 2.58 bits per heavy atom. The summed E-state index contributed by atoms with van der Waals surface area (Å²) in [4.78, 5) is 21.3. The quantitative estimate of drug-likeness (QED) is 0.419. The van der Waals surface area contributed by atoms with Gasteiger partial charge in [-0.2, -0.15) is 0 Å². The molecule has 0 aliphatic heterocycles. The highest BCUT2D eigenvalue weighted by molar-refractivity contribution is 9.09. The summed E-state index contributed by atoms with van der Waals surface area (Å²) in [7, 11) is 0. The molecule has 68 valence electrons. The van der Waals surface area contributed by atoms with Gasteiger partial charge in [0.05, 0.1) is 12.5 Å². The number of alkyl halides is 1. The second-order valence-electron chi connectivity index (χ2n) is 2.23. The van der Waals surface area contributed by atoms with Crippen LogP contribution in [0.5, 0.6) is 0 Å². The normalized spacial score (nSPS) is 11.6. The fraction of sp³-hybridized carbons (Fsp3) is 0.625. The lowest BCUT2D eigenvalue weighted by Crippen LogP contribution is -2.17. The van der Waals surface area contributed by atoms with E-state index in [9.17, 15) is 9.59 Å². The van der Waals surface area contributed by atoms with Crippen LogP contribution in [0.1, 0.15) is 13.8 Å². The maximum atomic E-state index is 11.1. The van der Waals surface area contributed by atoms with E-state index >= 15 is 0 Å². The number of rotatable bonds is 4. The van der Waals surface area contributed by atoms with Crippen molar-refractivity contribution in [3.05, 3.63) is 5.57 Å². The van der Waals surface area contributed by atoms with Crippen LogP contribution in [-0.2, 0) is 14.3 Å². The topological polar surface area (TPSA) is 43.4 Å². The summed E-state index contributed by atoms with van der Waals surface area (Å²) in [6, 6.07) is 0. The van der Waals surface area contributed by atoms with Gasteiger partial charge in [-0.3, -0.25) is 4.79 Å². The molecule has 0 fully saturated rings. The zero-order valence-corrected chi connectivity index (χ0v) is 8.68. The van der Waals surface area contributed by atoms with Crippen LogP contribution in [0.25, 0.3) is 0 Å². The van der Waals surface area contributed by atoms with Crippen molar-refractivity contribution < 1.29 is 14.3 Å². The first-order chi connectivity index (χ1) is 5.67. The van der Waals surface area contributed by atoms with Crippen molar-refractivity contribution in [1.82, 2.24) is 0 Å². The van der Waals surface area contributed by atoms with E-state index in [1.165, 1.54) is 0 Å². The molecule has 0 amide bonds. The molecule has 0 saturated heterocycles. The molecule has 12 heavy (non-hydrogen) atoms. The molecule has 3 nitrogen and oxygen atoms in total. The van der Waals surface area contributed by atoms with E-state index in [1.807, 2.05) is 0 Å². The maximum absolute atomic E-state index is 11.1. The Balaban J connectivity index is 4.27. The lowest BCUT2D eigenvalue weighted by molar-refractivity contribution is -0.146. The van der Waals surface area contributed by atoms with Crippen LogP contribution < -0.4 is 0 Å². The molecule has 0 rings (SSSR count). The van der Waals surface area contributed by atoms with E-state index in [0.717, 1.165) is 0 Å². The van der Waals surface area contributed by atoms with Crippen LogP contribution >= 0.6 is 15.9 Å². The number of halogens is 1. The Hall–Kier alpha value is -0.600. The lowest BCUT2D eigenvalue weighted by Gasteiger charge is -2.08. The van der Waals surface area contributed by atoms with Crippen molar-refractivity contribution in [3.63, 3.8) is 0 Å². The Kier molecular flexibility index (Phi) is 5.68. The van der Waals surface area contributed by atoms with Crippen molar-refractivity contribution in [2.75, 3.05) is 11.9 Å². The Bertz CT molecular complexity index is 206. The van der Waals surface area contributed by atoms with Gasteiger partial charge in [-0.25, -0.2) is 4.79 Å². The van der Waals surface area contributed by atoms with Crippen LogP contribution in [0.4, 0.5) is 0 Å². The van der Waals surface area contributed by atoms with Crippen LogP contribution in [0, 0.1) is 5.92 Å². The minimum atomic E-state index is -0.498. The zero-order valence-electron chi connectivity index (χ0n) is 7.09. The molecule has 1 unspecified atom stereocenters. The van der Waals surface area contributed by atoms with Crippen molar-refractivity contribution in [3.8, 4) is 0 Å². The van der Waals surface area contributed by atoms with Crippen molar-refractivity contribution >= 4 is 27.8 Å². The summed E-state index contributed by atoms with van der Waals surface area (Å²) in [5, 5.41) is 0.358. The number of carbonyl (C=O) groups excluding carboxylic acids is 2. The first kappa shape index (κ1) is 11.4. The minimum Gasteiger partial charge on any atom is -0.466 e. The van der Waals surface area contributed by atoms with E-state index in [0.29, 0.717) is 17.5 Å². The van der Waals surface area contributed by atoms with Gasteiger partial charge in [0.2, 0.25) is 0 Å². The molecule has 4 heteroatoms. The van der Waals surface area contributed by atoms with Gasteiger partial charge in [0.25, 0.3) is 0 Å². The number of esters is 1. The average molecular weight is 235 g/mol. The summed E-state index contributed by atoms with van der Waals surface area (Å²) in [5.41, 5.74) is 0.383. The van der Waals surface area contributed by atoms with Gasteiger partial charge in [0.1, 0.15) is 5.94 Å². The predicted octanol–water partition coefficient (Wildman–Crippen LogP) is 1.34. The van der Waals surface area contributed by atoms with Gasteiger partial charge >= 0.3 is 5.97 Å². The second kappa shape index (κ2) is 5.98. The van der Waals surface area contributed by atoms with Crippen molar-refractivity contribution in [2.45, 2.75) is 13.8 Å². The summed E-state index contributed by atoms with van der Waals surface area (Å²) in [5.74, 6) is 0.832. The van der Waals surface area contributed by atoms with E-state index in [-0.39, 0.29) is 5.97 Å². The van der Waals surface area contributed by atoms with Gasteiger partial charge in [-0.1, -0.05) is 15.9 Å². The van der Waals surface area contributed by atoms with Gasteiger partial charge in [0.15, 0.2) is 0 Å². The summed E-state index contributed by atoms with van der Waals surface area (Å²) < 4.78 is 4.73. The van der Waals surface area contributed by atoms with Crippen molar-refractivity contribution in [1.29, 1.82) is 0 Å². The molecule has 0 radical (unpaired) electrons. The summed E-state index contributed by atoms with van der Waals surface area (Å²) in [6.07, 6.45) is 0. The third kappa shape index (κ3) is 3.20. The predicted molar refractivity (Wildman–Crippen MR) is 48.8 cm³/mol. The molecule has 0 N–H and O–H groups in total. The van der Waals surface area contributed by atoms with E-state index in [4.69, 9.17) is 4.74 Å². The largest absolute Gasteiger partial charge is 0.466 e. The Morgan fingerprint density at radius 1 is 1.67 bits per heavy atom. The summed E-state index contributed by atoms with van der Waals surface area (Å²) >= 11 is 3.09. The highest BCUT2D eigenvalue weighted by Gasteiger charge is 2.18. The highest BCUT2D eigenvalue weighted by atomic mass is 79.9. The van der Waals surface area contributed by atoms with Crippen LogP contribution in [0.3, 0.4) is 0 Å². The number of hydrogen-bond acceptors (Lipinski definition) is 3. The number of hydrogen-bond donors (Lipinski definition) is 0. The molecule has 0 bridgehead atoms. The van der Waals surface area contributed by atoms with Crippen LogP contribution in [0.15, 0.2) is 5.57 Å². The van der Waals surface area contributed by atoms with Gasteiger partial charge in [0, 0.05) is 10.9 Å². The Labute approximate surface area is 79.9 Å². The van der Waals surface area contributed by atoms with E-state index in [1.54, 1.807) is 19.8 Å². The number of carbonyl (C=O) groups is 1. The van der Waals surface area contributed by atoms with Crippen molar-refractivity contribution in [2.24, 2.45) is 5.92 Å². The molecule has 0 aromatic carbocycles. The fourth-order valence-corrected chi connectivity index (χ4v) is 1.24. The first-order valence-corrected chi connectivity index (χ1v) is 4.76. The minimum absolute atomic E-state index is 0.331. The molecule has 0 aromatic rings. The fourth-order valence-electron chi connectivity index (χ4n) is 0.641. The molecular weight excluding hydrogens is 224 g/mol. The maximum Gasteiger partial charge on any atom is 0.313 e. The van der Waals surface area contributed by atoms with Crippen LogP contribution in [0.2, 0.25) is 0 Å². The first-order valence-electron chi connectivity index (χ1n) is 3.63. The van der Waals surface area contributed by atoms with Gasteiger partial charge in [-0.05, 0) is 13.8 Å². The molecule has 0 aliphatic rings. The monoisotopic (exact) mass is 234 g/mol. The standard InChI is InChI=1S/C8H11BrO3/c1-3-12-8(11)6(2)7(4-9)5-10/h6H,3-4H2,1-2H3. The third-order valence-electron chi connectivity index (χ3n) is 1.44. The second-order valence-corrected chi connectivity index (χ2v) is 2.80. The van der Waals surface area contributed by atoms with Crippen LogP contribution in [-0.4, -0.2) is 23.8 Å². The molecule has 0 aliphatic carbocycles. The van der Waals surface area contributed by atoms with E-state index in [2.05, 4.69) is 15.9 Å². The third-order valence-corrected chi connectivity index (χ3v) is 2.04. The molecule has 0 heterocycles. The lowest BCUT2D eigenvalue weighted by atomic mass is 10.1. The van der Waals surface area contributed by atoms with Gasteiger partial charge in [-0.15, -0.1) is 0 Å². The summed E-state index contributed by atoms with van der Waals surface area (Å²) in [6.45, 7) is 3.68. The molecular formula is C8H11BrO3. The SMILES string of the molecule is CCOC(=O)C(C)C(=C=O)CBr. The Morgan fingerprint density at radius 2 is 2.25 bits per heavy atom. The van der Waals surface area contributed by atoms with E-state index < -0.39 is 5.92 Å². The molecule has 0 aromatic heterocycles. The molecule has 0 saturated carbocycles. The zero-order chi connectivity index (χ0) is 9.56. The smallest absolute Gasteiger partial charge is 0.313 e. The molecule has 0 spiro atoms. The van der Waals surface area contributed by atoms with Gasteiger partial charge < -0.3 is 4.74 Å².